The summed E-state index contributed by atoms with van der Waals surface area (Å²) < 4.78 is 0. The summed E-state index contributed by atoms with van der Waals surface area (Å²) in [6, 6.07) is 8.22. The molecule has 160 valence electrons. The van der Waals surface area contributed by atoms with Crippen LogP contribution in [0.25, 0.3) is 11.4 Å². The molecule has 3 heterocycles. The third-order valence-electron chi connectivity index (χ3n) is 5.77. The van der Waals surface area contributed by atoms with E-state index in [1.807, 2.05) is 24.1 Å². The van der Waals surface area contributed by atoms with Crippen molar-refractivity contribution in [3.05, 3.63) is 36.2 Å². The van der Waals surface area contributed by atoms with Gasteiger partial charge in [-0.05, 0) is 24.5 Å². The van der Waals surface area contributed by atoms with Gasteiger partial charge in [0.1, 0.15) is 6.33 Å². The first-order chi connectivity index (χ1) is 14.7. The van der Waals surface area contributed by atoms with Crippen molar-refractivity contribution in [3.8, 4) is 11.4 Å². The molecule has 1 aromatic carbocycles. The molecule has 0 aliphatic carbocycles. The Balaban J connectivity index is 1.26. The van der Waals surface area contributed by atoms with E-state index in [-0.39, 0.29) is 5.91 Å². The van der Waals surface area contributed by atoms with Crippen molar-refractivity contribution in [1.82, 2.24) is 35.2 Å². The topological polar surface area (TPSA) is 92.7 Å². The standard InChI is InChI=1S/C21H30N8O/c1-22-21(23-14-17-5-4-6-18(13-17)20-24-16-25-26-20)29-11-9-27(10-12-29)15-19(30)28-7-2-3-8-28/h4-6,13,16H,2-3,7-12,14-15H2,1H3,(H,22,23)(H,24,25,26). The van der Waals surface area contributed by atoms with Crippen molar-refractivity contribution in [2.75, 3.05) is 52.9 Å². The third kappa shape index (κ3) is 4.96. The number of benzene rings is 1. The van der Waals surface area contributed by atoms with Crippen LogP contribution in [0.3, 0.4) is 0 Å². The zero-order valence-electron chi connectivity index (χ0n) is 17.5. The summed E-state index contributed by atoms with van der Waals surface area (Å²) in [7, 11) is 1.82. The van der Waals surface area contributed by atoms with E-state index in [1.54, 1.807) is 0 Å². The molecule has 0 unspecified atom stereocenters. The van der Waals surface area contributed by atoms with Crippen LogP contribution in [-0.2, 0) is 11.3 Å². The minimum Gasteiger partial charge on any atom is -0.352 e. The molecule has 4 rings (SSSR count). The van der Waals surface area contributed by atoms with E-state index in [0.717, 1.165) is 75.0 Å². The molecule has 9 heteroatoms. The van der Waals surface area contributed by atoms with Crippen LogP contribution in [0.1, 0.15) is 18.4 Å². The molecule has 2 aliphatic rings. The number of hydrogen-bond donors (Lipinski definition) is 2. The van der Waals surface area contributed by atoms with E-state index in [1.165, 1.54) is 6.33 Å². The third-order valence-corrected chi connectivity index (χ3v) is 5.77. The Kier molecular flexibility index (Phi) is 6.58. The molecule has 0 spiro atoms. The summed E-state index contributed by atoms with van der Waals surface area (Å²) >= 11 is 0. The molecule has 2 aromatic rings. The van der Waals surface area contributed by atoms with Gasteiger partial charge in [-0.2, -0.15) is 5.10 Å². The molecule has 2 fully saturated rings. The normalized spacial score (nSPS) is 18.1. The number of aliphatic imine (C=N–C) groups is 1. The average molecular weight is 411 g/mol. The van der Waals surface area contributed by atoms with Crippen LogP contribution in [0.4, 0.5) is 0 Å². The maximum Gasteiger partial charge on any atom is 0.236 e. The lowest BCUT2D eigenvalue weighted by atomic mass is 10.1. The Morgan fingerprint density at radius 1 is 1.13 bits per heavy atom. The maximum atomic E-state index is 12.4. The van der Waals surface area contributed by atoms with Gasteiger partial charge in [0.15, 0.2) is 11.8 Å². The molecular formula is C21H30N8O. The molecule has 2 saturated heterocycles. The molecule has 2 N–H and O–H groups in total. The first kappa shape index (κ1) is 20.3. The molecule has 0 atom stereocenters. The number of nitrogens with one attached hydrogen (secondary N) is 2. The van der Waals surface area contributed by atoms with Crippen LogP contribution in [-0.4, -0.2) is 94.6 Å². The van der Waals surface area contributed by atoms with E-state index in [9.17, 15) is 4.79 Å². The van der Waals surface area contributed by atoms with Crippen molar-refractivity contribution in [2.24, 2.45) is 4.99 Å². The Morgan fingerprint density at radius 2 is 1.93 bits per heavy atom. The van der Waals surface area contributed by atoms with Crippen LogP contribution in [0.15, 0.2) is 35.6 Å². The van der Waals surface area contributed by atoms with Crippen molar-refractivity contribution in [2.45, 2.75) is 19.4 Å². The van der Waals surface area contributed by atoms with Gasteiger partial charge in [0, 0.05) is 58.4 Å². The number of hydrogen-bond acceptors (Lipinski definition) is 5. The number of guanidine groups is 1. The first-order valence-electron chi connectivity index (χ1n) is 10.6. The number of amides is 1. The van der Waals surface area contributed by atoms with Gasteiger partial charge in [0.25, 0.3) is 0 Å². The summed E-state index contributed by atoms with van der Waals surface area (Å²) in [6.07, 6.45) is 3.80. The van der Waals surface area contributed by atoms with Crippen molar-refractivity contribution in [3.63, 3.8) is 0 Å². The smallest absolute Gasteiger partial charge is 0.236 e. The summed E-state index contributed by atoms with van der Waals surface area (Å²) in [4.78, 5) is 27.6. The number of likely N-dealkylation sites (tertiary alicyclic amines) is 1. The summed E-state index contributed by atoms with van der Waals surface area (Å²) in [5, 5.41) is 10.3. The second-order valence-corrected chi connectivity index (χ2v) is 7.79. The van der Waals surface area contributed by atoms with Gasteiger partial charge in [0.05, 0.1) is 6.54 Å². The summed E-state index contributed by atoms with van der Waals surface area (Å²) in [5.41, 5.74) is 2.16. The molecular weight excluding hydrogens is 380 g/mol. The van der Waals surface area contributed by atoms with Gasteiger partial charge in [-0.1, -0.05) is 18.2 Å². The molecule has 0 radical (unpaired) electrons. The fraction of sp³-hybridized carbons (Fsp3) is 0.524. The highest BCUT2D eigenvalue weighted by Gasteiger charge is 2.24. The van der Waals surface area contributed by atoms with E-state index in [0.29, 0.717) is 13.1 Å². The van der Waals surface area contributed by atoms with Crippen molar-refractivity contribution < 1.29 is 4.79 Å². The number of nitrogens with zero attached hydrogens (tertiary/aromatic N) is 6. The van der Waals surface area contributed by atoms with Gasteiger partial charge >= 0.3 is 0 Å². The van der Waals surface area contributed by atoms with Crippen LogP contribution >= 0.6 is 0 Å². The lowest BCUT2D eigenvalue weighted by Crippen LogP contribution is -2.54. The highest BCUT2D eigenvalue weighted by molar-refractivity contribution is 5.80. The van der Waals surface area contributed by atoms with E-state index in [2.05, 4.69) is 47.4 Å². The lowest BCUT2D eigenvalue weighted by molar-refractivity contribution is -0.131. The number of aromatic nitrogens is 3. The Hall–Kier alpha value is -2.94. The fourth-order valence-corrected chi connectivity index (χ4v) is 4.06. The number of H-pyrrole nitrogens is 1. The molecule has 9 nitrogen and oxygen atoms in total. The van der Waals surface area contributed by atoms with Gasteiger partial charge in [-0.3, -0.25) is 19.8 Å². The highest BCUT2D eigenvalue weighted by Crippen LogP contribution is 2.15. The minimum atomic E-state index is 0.273. The van der Waals surface area contributed by atoms with Gasteiger partial charge in [-0.15, -0.1) is 0 Å². The predicted octanol–water partition coefficient (Wildman–Crippen LogP) is 0.787. The van der Waals surface area contributed by atoms with Crippen LogP contribution in [0, 0.1) is 0 Å². The van der Waals surface area contributed by atoms with Crippen LogP contribution in [0.5, 0.6) is 0 Å². The van der Waals surface area contributed by atoms with E-state index in [4.69, 9.17) is 0 Å². The Labute approximate surface area is 177 Å². The number of piperazine rings is 1. The quantitative estimate of drug-likeness (QED) is 0.559. The summed E-state index contributed by atoms with van der Waals surface area (Å²) in [6.45, 7) is 6.55. The predicted molar refractivity (Wildman–Crippen MR) is 116 cm³/mol. The maximum absolute atomic E-state index is 12.4. The van der Waals surface area contributed by atoms with E-state index < -0.39 is 0 Å². The molecule has 1 amide bonds. The lowest BCUT2D eigenvalue weighted by Gasteiger charge is -2.36. The van der Waals surface area contributed by atoms with E-state index >= 15 is 0 Å². The molecule has 0 saturated carbocycles. The number of carbonyl (C=O) groups excluding carboxylic acids is 1. The monoisotopic (exact) mass is 410 g/mol. The second-order valence-electron chi connectivity index (χ2n) is 7.79. The van der Waals surface area contributed by atoms with Gasteiger partial charge < -0.3 is 15.1 Å². The SMILES string of the molecule is CN=C(NCc1cccc(-c2ncn[nH]2)c1)N1CCN(CC(=O)N2CCCC2)CC1. The largest absolute Gasteiger partial charge is 0.352 e. The van der Waals surface area contributed by atoms with Crippen molar-refractivity contribution in [1.29, 1.82) is 0 Å². The number of aromatic amines is 1. The Morgan fingerprint density at radius 3 is 2.63 bits per heavy atom. The summed E-state index contributed by atoms with van der Waals surface area (Å²) in [5.74, 6) is 1.93. The van der Waals surface area contributed by atoms with Gasteiger partial charge in [-0.25, -0.2) is 4.98 Å². The molecule has 0 bridgehead atoms. The van der Waals surface area contributed by atoms with Gasteiger partial charge in [0.2, 0.25) is 5.91 Å². The fourth-order valence-electron chi connectivity index (χ4n) is 4.06. The molecule has 30 heavy (non-hydrogen) atoms. The minimum absolute atomic E-state index is 0.273. The Bertz CT molecular complexity index is 852. The molecule has 1 aromatic heterocycles. The average Bonchev–Trinajstić information content (AvgIpc) is 3.50. The van der Waals surface area contributed by atoms with Crippen molar-refractivity contribution >= 4 is 11.9 Å². The zero-order chi connectivity index (χ0) is 20.8. The number of carbonyl (C=O) groups is 1. The molecule has 2 aliphatic heterocycles. The van der Waals surface area contributed by atoms with Crippen LogP contribution < -0.4 is 5.32 Å². The number of rotatable bonds is 5. The zero-order valence-corrected chi connectivity index (χ0v) is 17.5. The highest BCUT2D eigenvalue weighted by atomic mass is 16.2. The first-order valence-corrected chi connectivity index (χ1v) is 10.6. The second kappa shape index (κ2) is 9.71. The van der Waals surface area contributed by atoms with Crippen LogP contribution in [0.2, 0.25) is 0 Å².